The van der Waals surface area contributed by atoms with Crippen molar-refractivity contribution < 1.29 is 9.53 Å². The Kier molecular flexibility index (Phi) is 6.33. The summed E-state index contributed by atoms with van der Waals surface area (Å²) in [5.41, 5.74) is 4.87. The Bertz CT molecular complexity index is 1280. The number of hydrogen-bond donors (Lipinski definition) is 2. The monoisotopic (exact) mass is 500 g/mol. The number of ether oxygens (including phenoxy) is 1. The molecule has 3 aromatic rings. The molecule has 3 aliphatic rings. The van der Waals surface area contributed by atoms with Crippen LogP contribution in [0.25, 0.3) is 11.4 Å². The number of nitrogens with zero attached hydrogens (tertiary/aromatic N) is 6. The number of carbonyl (C=O) groups is 1. The molecule has 2 amide bonds. The highest BCUT2D eigenvalue weighted by Crippen LogP contribution is 2.38. The first-order valence-corrected chi connectivity index (χ1v) is 13.0. The van der Waals surface area contributed by atoms with E-state index in [1.54, 1.807) is 6.33 Å². The number of morpholine rings is 1. The summed E-state index contributed by atoms with van der Waals surface area (Å²) in [7, 11) is 0. The summed E-state index contributed by atoms with van der Waals surface area (Å²) in [6.07, 6.45) is 4.75. The molecule has 10 nitrogen and oxygen atoms in total. The third kappa shape index (κ3) is 4.69. The van der Waals surface area contributed by atoms with Crippen LogP contribution in [0.3, 0.4) is 0 Å². The molecule has 192 valence electrons. The van der Waals surface area contributed by atoms with Gasteiger partial charge in [-0.3, -0.25) is 0 Å². The summed E-state index contributed by atoms with van der Waals surface area (Å²) in [5.74, 6) is 2.68. The van der Waals surface area contributed by atoms with Crippen LogP contribution in [0.4, 0.5) is 22.1 Å². The van der Waals surface area contributed by atoms with Gasteiger partial charge in [-0.1, -0.05) is 0 Å². The van der Waals surface area contributed by atoms with Crippen LogP contribution in [0, 0.1) is 6.92 Å². The maximum Gasteiger partial charge on any atom is 0.319 e. The van der Waals surface area contributed by atoms with Crippen molar-refractivity contribution >= 4 is 23.4 Å². The number of aryl methyl sites for hydroxylation is 1. The van der Waals surface area contributed by atoms with Gasteiger partial charge in [0.1, 0.15) is 18.0 Å². The SMILES string of the molecule is CCNC(=O)Nc1ccc(-c2nc3c(c(N4C5CCC4COC5)n2)CCN(c2cc(C)ncn2)C3)cc1. The minimum Gasteiger partial charge on any atom is -0.377 e. The van der Waals surface area contributed by atoms with E-state index < -0.39 is 0 Å². The van der Waals surface area contributed by atoms with Gasteiger partial charge in [0.25, 0.3) is 0 Å². The van der Waals surface area contributed by atoms with Gasteiger partial charge in [0.2, 0.25) is 0 Å². The molecule has 37 heavy (non-hydrogen) atoms. The van der Waals surface area contributed by atoms with Crippen molar-refractivity contribution in [1.82, 2.24) is 25.3 Å². The standard InChI is InChI=1S/C27H32N8O2/c1-3-28-27(36)31-19-6-4-18(5-7-19)25-32-23-13-34(24-12-17(2)29-16-30-24)11-10-22(23)26(33-25)35-20-8-9-21(35)15-37-14-20/h4-7,12,16,20-21H,3,8-11,13-15H2,1-2H3,(H2,28,31,36). The quantitative estimate of drug-likeness (QED) is 0.549. The van der Waals surface area contributed by atoms with Gasteiger partial charge in [0.05, 0.1) is 37.5 Å². The van der Waals surface area contributed by atoms with Crippen molar-refractivity contribution in [1.29, 1.82) is 0 Å². The molecule has 2 bridgehead atoms. The number of benzene rings is 1. The van der Waals surface area contributed by atoms with Crippen LogP contribution in [0.2, 0.25) is 0 Å². The average molecular weight is 501 g/mol. The predicted octanol–water partition coefficient (Wildman–Crippen LogP) is 3.31. The van der Waals surface area contributed by atoms with Gasteiger partial charge in [0, 0.05) is 41.7 Å². The fourth-order valence-electron chi connectivity index (χ4n) is 5.58. The van der Waals surface area contributed by atoms with Crippen LogP contribution in [0.5, 0.6) is 0 Å². The van der Waals surface area contributed by atoms with E-state index in [1.807, 2.05) is 44.2 Å². The normalized spacial score (nSPS) is 20.5. The van der Waals surface area contributed by atoms with Gasteiger partial charge in [-0.25, -0.2) is 24.7 Å². The molecular formula is C27H32N8O2. The minimum atomic E-state index is -0.217. The first-order chi connectivity index (χ1) is 18.1. The van der Waals surface area contributed by atoms with Gasteiger partial charge in [-0.05, 0) is 57.4 Å². The lowest BCUT2D eigenvalue weighted by atomic mass is 10.0. The van der Waals surface area contributed by atoms with E-state index in [1.165, 1.54) is 5.56 Å². The topological polar surface area (TPSA) is 108 Å². The Hall–Kier alpha value is -3.79. The summed E-state index contributed by atoms with van der Waals surface area (Å²) in [4.78, 5) is 35.7. The maximum atomic E-state index is 11.9. The van der Waals surface area contributed by atoms with Crippen LogP contribution >= 0.6 is 0 Å². The Morgan fingerprint density at radius 2 is 1.89 bits per heavy atom. The lowest BCUT2D eigenvalue weighted by Crippen LogP contribution is -2.47. The molecule has 3 aliphatic heterocycles. The summed E-state index contributed by atoms with van der Waals surface area (Å²) < 4.78 is 5.87. The number of nitrogens with one attached hydrogen (secondary N) is 2. The molecule has 6 rings (SSSR count). The second-order valence-corrected chi connectivity index (χ2v) is 9.88. The molecule has 0 aliphatic carbocycles. The summed E-state index contributed by atoms with van der Waals surface area (Å²) in [5, 5.41) is 5.60. The predicted molar refractivity (Wildman–Crippen MR) is 142 cm³/mol. The Labute approximate surface area is 216 Å². The molecule has 2 atom stereocenters. The van der Waals surface area contributed by atoms with E-state index >= 15 is 0 Å². The zero-order chi connectivity index (χ0) is 25.4. The highest BCUT2D eigenvalue weighted by Gasteiger charge is 2.40. The number of anilines is 3. The third-order valence-corrected chi connectivity index (χ3v) is 7.38. The summed E-state index contributed by atoms with van der Waals surface area (Å²) in [6, 6.07) is 10.2. The van der Waals surface area contributed by atoms with E-state index in [-0.39, 0.29) is 6.03 Å². The van der Waals surface area contributed by atoms with E-state index in [4.69, 9.17) is 14.7 Å². The highest BCUT2D eigenvalue weighted by molar-refractivity contribution is 5.89. The number of aromatic nitrogens is 4. The summed E-state index contributed by atoms with van der Waals surface area (Å²) >= 11 is 0. The molecule has 2 saturated heterocycles. The smallest absolute Gasteiger partial charge is 0.319 e. The van der Waals surface area contributed by atoms with E-state index in [0.717, 1.165) is 73.3 Å². The molecule has 0 radical (unpaired) electrons. The van der Waals surface area contributed by atoms with E-state index in [9.17, 15) is 4.79 Å². The van der Waals surface area contributed by atoms with Gasteiger partial charge >= 0.3 is 6.03 Å². The average Bonchev–Trinajstić information content (AvgIpc) is 3.15. The molecule has 5 heterocycles. The molecule has 2 N–H and O–H groups in total. The third-order valence-electron chi connectivity index (χ3n) is 7.38. The second kappa shape index (κ2) is 9.93. The van der Waals surface area contributed by atoms with Gasteiger partial charge in [0.15, 0.2) is 5.82 Å². The fraction of sp³-hybridized carbons (Fsp3) is 0.444. The van der Waals surface area contributed by atoms with Crippen molar-refractivity contribution in [3.8, 4) is 11.4 Å². The van der Waals surface area contributed by atoms with Crippen LogP contribution in [0.15, 0.2) is 36.7 Å². The second-order valence-electron chi connectivity index (χ2n) is 9.88. The fourth-order valence-corrected chi connectivity index (χ4v) is 5.58. The first kappa shape index (κ1) is 23.6. The number of fused-ring (bicyclic) bond motifs is 3. The molecule has 2 unspecified atom stereocenters. The Morgan fingerprint density at radius 3 is 2.62 bits per heavy atom. The molecule has 10 heteroatoms. The van der Waals surface area contributed by atoms with E-state index in [0.29, 0.717) is 31.0 Å². The van der Waals surface area contributed by atoms with Crippen molar-refractivity contribution in [3.05, 3.63) is 53.6 Å². The van der Waals surface area contributed by atoms with Crippen molar-refractivity contribution in [3.63, 3.8) is 0 Å². The molecule has 0 spiro atoms. The molecule has 1 aromatic carbocycles. The number of urea groups is 1. The summed E-state index contributed by atoms with van der Waals surface area (Å²) in [6.45, 7) is 7.48. The van der Waals surface area contributed by atoms with Crippen LogP contribution in [0.1, 0.15) is 36.7 Å². The van der Waals surface area contributed by atoms with Crippen LogP contribution < -0.4 is 20.4 Å². The largest absolute Gasteiger partial charge is 0.377 e. The lowest BCUT2D eigenvalue weighted by molar-refractivity contribution is 0.0901. The first-order valence-electron chi connectivity index (χ1n) is 13.0. The van der Waals surface area contributed by atoms with Crippen molar-refractivity contribution in [2.45, 2.75) is 51.7 Å². The van der Waals surface area contributed by atoms with E-state index in [2.05, 4.69) is 30.4 Å². The number of rotatable bonds is 5. The highest BCUT2D eigenvalue weighted by atomic mass is 16.5. The van der Waals surface area contributed by atoms with Gasteiger partial charge in [-0.2, -0.15) is 0 Å². The minimum absolute atomic E-state index is 0.217. The Balaban J connectivity index is 1.36. The molecule has 0 saturated carbocycles. The van der Waals surface area contributed by atoms with Crippen LogP contribution in [-0.2, 0) is 17.7 Å². The lowest BCUT2D eigenvalue weighted by Gasteiger charge is -2.39. The van der Waals surface area contributed by atoms with Gasteiger partial charge in [-0.15, -0.1) is 0 Å². The number of amides is 2. The zero-order valence-electron chi connectivity index (χ0n) is 21.3. The number of carbonyl (C=O) groups excluding carboxylic acids is 1. The van der Waals surface area contributed by atoms with Gasteiger partial charge < -0.3 is 25.2 Å². The zero-order valence-corrected chi connectivity index (χ0v) is 21.3. The molecule has 2 aromatic heterocycles. The van der Waals surface area contributed by atoms with Crippen molar-refractivity contribution in [2.75, 3.05) is 41.4 Å². The van der Waals surface area contributed by atoms with Crippen LogP contribution in [-0.4, -0.2) is 64.4 Å². The maximum absolute atomic E-state index is 11.9. The van der Waals surface area contributed by atoms with Crippen molar-refractivity contribution in [2.24, 2.45) is 0 Å². The molecular weight excluding hydrogens is 468 g/mol. The number of hydrogen-bond acceptors (Lipinski definition) is 8. The Morgan fingerprint density at radius 1 is 1.11 bits per heavy atom. The molecule has 2 fully saturated rings.